The first-order chi connectivity index (χ1) is 12.6. The number of rotatable bonds is 9. The standard InChI is InChI=1S/C20H23N3O3/c1-14-8-9-21-20(23-14)26-11-10-25-17-6-7-19-18(12-17)16(13-22-19)5-3-4-15(2)24/h6-9,12-13,22H,3-5,10-11H2,1-2H3. The zero-order valence-electron chi connectivity index (χ0n) is 15.1. The van der Waals surface area contributed by atoms with Gasteiger partial charge in [-0.25, -0.2) is 9.97 Å². The maximum Gasteiger partial charge on any atom is 0.316 e. The van der Waals surface area contributed by atoms with Crippen molar-refractivity contribution in [2.24, 2.45) is 0 Å². The van der Waals surface area contributed by atoms with Gasteiger partial charge in [-0.05, 0) is 56.5 Å². The van der Waals surface area contributed by atoms with Crippen molar-refractivity contribution >= 4 is 16.7 Å². The third kappa shape index (κ3) is 4.81. The predicted octanol–water partition coefficient (Wildman–Crippen LogP) is 3.64. The van der Waals surface area contributed by atoms with Crippen LogP contribution in [0.2, 0.25) is 0 Å². The van der Waals surface area contributed by atoms with Crippen molar-refractivity contribution in [2.45, 2.75) is 33.1 Å². The van der Waals surface area contributed by atoms with Gasteiger partial charge in [-0.2, -0.15) is 0 Å². The van der Waals surface area contributed by atoms with Crippen molar-refractivity contribution in [1.82, 2.24) is 15.0 Å². The molecule has 0 saturated heterocycles. The number of H-pyrrole nitrogens is 1. The molecular weight excluding hydrogens is 330 g/mol. The molecule has 0 aliphatic rings. The van der Waals surface area contributed by atoms with Crippen LogP contribution in [0.5, 0.6) is 11.8 Å². The number of hydrogen-bond donors (Lipinski definition) is 1. The van der Waals surface area contributed by atoms with Gasteiger partial charge in [0.2, 0.25) is 0 Å². The van der Waals surface area contributed by atoms with Crippen LogP contribution in [0.15, 0.2) is 36.7 Å². The number of aryl methyl sites for hydroxylation is 2. The minimum absolute atomic E-state index is 0.228. The monoisotopic (exact) mass is 353 g/mol. The molecule has 2 aromatic heterocycles. The molecule has 0 amide bonds. The van der Waals surface area contributed by atoms with Crippen LogP contribution in [0.3, 0.4) is 0 Å². The van der Waals surface area contributed by atoms with Crippen molar-refractivity contribution in [3.63, 3.8) is 0 Å². The van der Waals surface area contributed by atoms with Crippen molar-refractivity contribution in [2.75, 3.05) is 13.2 Å². The van der Waals surface area contributed by atoms with E-state index >= 15 is 0 Å². The van der Waals surface area contributed by atoms with Gasteiger partial charge >= 0.3 is 6.01 Å². The molecule has 136 valence electrons. The maximum absolute atomic E-state index is 11.1. The topological polar surface area (TPSA) is 77.1 Å². The van der Waals surface area contributed by atoms with Gasteiger partial charge in [0, 0.05) is 35.4 Å². The average Bonchev–Trinajstić information content (AvgIpc) is 3.01. The fourth-order valence-electron chi connectivity index (χ4n) is 2.77. The van der Waals surface area contributed by atoms with Gasteiger partial charge in [-0.15, -0.1) is 0 Å². The molecule has 3 aromatic rings. The highest BCUT2D eigenvalue weighted by atomic mass is 16.5. The molecular formula is C20H23N3O3. The Hall–Kier alpha value is -2.89. The lowest BCUT2D eigenvalue weighted by Gasteiger charge is -2.08. The number of carbonyl (C=O) groups is 1. The van der Waals surface area contributed by atoms with Crippen molar-refractivity contribution in [3.8, 4) is 11.8 Å². The molecule has 0 aliphatic heterocycles. The number of Topliss-reactive ketones (excluding diaryl/α,β-unsaturated/α-hetero) is 1. The number of aromatic amines is 1. The molecule has 6 nitrogen and oxygen atoms in total. The molecule has 26 heavy (non-hydrogen) atoms. The molecule has 0 saturated carbocycles. The van der Waals surface area contributed by atoms with Gasteiger partial charge in [0.1, 0.15) is 24.7 Å². The molecule has 6 heteroatoms. The van der Waals surface area contributed by atoms with Crippen LogP contribution in [0.4, 0.5) is 0 Å². The van der Waals surface area contributed by atoms with Crippen LogP contribution < -0.4 is 9.47 Å². The summed E-state index contributed by atoms with van der Waals surface area (Å²) in [7, 11) is 0. The van der Waals surface area contributed by atoms with Gasteiger partial charge < -0.3 is 19.3 Å². The first-order valence-electron chi connectivity index (χ1n) is 8.76. The second-order valence-electron chi connectivity index (χ2n) is 6.25. The number of ketones is 1. The average molecular weight is 353 g/mol. The molecule has 1 N–H and O–H groups in total. The summed E-state index contributed by atoms with van der Waals surface area (Å²) in [6.45, 7) is 4.31. The second kappa shape index (κ2) is 8.47. The van der Waals surface area contributed by atoms with E-state index in [9.17, 15) is 4.79 Å². The van der Waals surface area contributed by atoms with Gasteiger partial charge in [0.25, 0.3) is 0 Å². The number of nitrogens with one attached hydrogen (secondary N) is 1. The number of ether oxygens (including phenoxy) is 2. The summed E-state index contributed by atoms with van der Waals surface area (Å²) >= 11 is 0. The van der Waals surface area contributed by atoms with Crippen LogP contribution in [-0.4, -0.2) is 33.9 Å². The van der Waals surface area contributed by atoms with E-state index in [0.717, 1.165) is 35.2 Å². The molecule has 0 spiro atoms. The third-order valence-corrected chi connectivity index (χ3v) is 4.07. The summed E-state index contributed by atoms with van der Waals surface area (Å²) in [5, 5.41) is 1.13. The molecule has 0 fully saturated rings. The van der Waals surface area contributed by atoms with Gasteiger partial charge in [-0.1, -0.05) is 0 Å². The molecule has 0 radical (unpaired) electrons. The molecule has 3 rings (SSSR count). The lowest BCUT2D eigenvalue weighted by molar-refractivity contribution is -0.117. The normalized spacial score (nSPS) is 10.8. The van der Waals surface area contributed by atoms with Crippen LogP contribution in [0, 0.1) is 6.92 Å². The Morgan fingerprint density at radius 3 is 2.85 bits per heavy atom. The Labute approximate surface area is 152 Å². The Kier molecular flexibility index (Phi) is 5.84. The quantitative estimate of drug-likeness (QED) is 0.594. The first kappa shape index (κ1) is 17.9. The predicted molar refractivity (Wildman–Crippen MR) is 99.7 cm³/mol. The van der Waals surface area contributed by atoms with Gasteiger partial charge in [-0.3, -0.25) is 0 Å². The first-order valence-corrected chi connectivity index (χ1v) is 8.76. The SMILES string of the molecule is CC(=O)CCCc1c[nH]c2ccc(OCCOc3nccc(C)n3)cc12. The Morgan fingerprint density at radius 2 is 2.04 bits per heavy atom. The second-order valence-corrected chi connectivity index (χ2v) is 6.25. The van der Waals surface area contributed by atoms with Crippen molar-refractivity contribution in [3.05, 3.63) is 47.9 Å². The van der Waals surface area contributed by atoms with E-state index in [1.54, 1.807) is 13.1 Å². The Bertz CT molecular complexity index is 889. The van der Waals surface area contributed by atoms with E-state index in [0.29, 0.717) is 25.6 Å². The van der Waals surface area contributed by atoms with Gasteiger partial charge in [0.15, 0.2) is 0 Å². The van der Waals surface area contributed by atoms with Crippen LogP contribution in [0.1, 0.15) is 31.0 Å². The van der Waals surface area contributed by atoms with Crippen molar-refractivity contribution < 1.29 is 14.3 Å². The molecule has 0 unspecified atom stereocenters. The summed E-state index contributed by atoms with van der Waals surface area (Å²) in [5.41, 5.74) is 3.14. The highest BCUT2D eigenvalue weighted by molar-refractivity contribution is 5.84. The minimum atomic E-state index is 0.228. The van der Waals surface area contributed by atoms with E-state index in [1.165, 1.54) is 5.56 Å². The van der Waals surface area contributed by atoms with E-state index in [-0.39, 0.29) is 5.78 Å². The zero-order chi connectivity index (χ0) is 18.4. The summed E-state index contributed by atoms with van der Waals surface area (Å²) in [5.74, 6) is 1.02. The smallest absolute Gasteiger partial charge is 0.316 e. The number of fused-ring (bicyclic) bond motifs is 1. The fraction of sp³-hybridized carbons (Fsp3) is 0.350. The summed E-state index contributed by atoms with van der Waals surface area (Å²) < 4.78 is 11.3. The van der Waals surface area contributed by atoms with Gasteiger partial charge in [0.05, 0.1) is 0 Å². The van der Waals surface area contributed by atoms with Crippen LogP contribution in [-0.2, 0) is 11.2 Å². The Balaban J connectivity index is 1.55. The summed E-state index contributed by atoms with van der Waals surface area (Å²) in [6, 6.07) is 8.15. The van der Waals surface area contributed by atoms with Crippen LogP contribution in [0.25, 0.3) is 10.9 Å². The highest BCUT2D eigenvalue weighted by Crippen LogP contribution is 2.25. The van der Waals surface area contributed by atoms with E-state index in [4.69, 9.17) is 9.47 Å². The van der Waals surface area contributed by atoms with E-state index in [1.807, 2.05) is 37.4 Å². The number of benzene rings is 1. The molecule has 0 aliphatic carbocycles. The summed E-state index contributed by atoms with van der Waals surface area (Å²) in [6.07, 6.45) is 6.02. The lowest BCUT2D eigenvalue weighted by Crippen LogP contribution is -2.10. The molecule has 0 atom stereocenters. The summed E-state index contributed by atoms with van der Waals surface area (Å²) in [4.78, 5) is 22.6. The largest absolute Gasteiger partial charge is 0.490 e. The minimum Gasteiger partial charge on any atom is -0.490 e. The fourth-order valence-corrected chi connectivity index (χ4v) is 2.77. The maximum atomic E-state index is 11.1. The number of nitrogens with zero attached hydrogens (tertiary/aromatic N) is 2. The lowest BCUT2D eigenvalue weighted by atomic mass is 10.1. The van der Waals surface area contributed by atoms with E-state index in [2.05, 4.69) is 15.0 Å². The van der Waals surface area contributed by atoms with Crippen LogP contribution >= 0.6 is 0 Å². The number of carbonyl (C=O) groups excluding carboxylic acids is 1. The molecule has 2 heterocycles. The third-order valence-electron chi connectivity index (χ3n) is 4.07. The zero-order valence-corrected chi connectivity index (χ0v) is 15.1. The molecule has 0 bridgehead atoms. The molecule has 1 aromatic carbocycles. The Morgan fingerprint density at radius 1 is 1.19 bits per heavy atom. The highest BCUT2D eigenvalue weighted by Gasteiger charge is 2.06. The number of hydrogen-bond acceptors (Lipinski definition) is 5. The number of aromatic nitrogens is 3. The van der Waals surface area contributed by atoms with E-state index < -0.39 is 0 Å². The van der Waals surface area contributed by atoms with Crippen molar-refractivity contribution in [1.29, 1.82) is 0 Å².